The van der Waals surface area contributed by atoms with Crippen LogP contribution >= 0.6 is 0 Å². The van der Waals surface area contributed by atoms with Gasteiger partial charge in [0.1, 0.15) is 0 Å². The van der Waals surface area contributed by atoms with Gasteiger partial charge in [-0.2, -0.15) is 0 Å². The fourth-order valence-corrected chi connectivity index (χ4v) is 10.8. The Morgan fingerprint density at radius 3 is 2.00 bits per heavy atom. The van der Waals surface area contributed by atoms with Crippen LogP contribution in [0.4, 0.5) is 0 Å². The zero-order valence-electron chi connectivity index (χ0n) is 25.3. The van der Waals surface area contributed by atoms with Crippen LogP contribution in [-0.4, -0.2) is 39.0 Å². The van der Waals surface area contributed by atoms with E-state index < -0.39 is 14.1 Å². The highest BCUT2D eigenvalue weighted by Gasteiger charge is 2.51. The van der Waals surface area contributed by atoms with Crippen LogP contribution in [0.3, 0.4) is 0 Å². The molecule has 0 N–H and O–H groups in total. The first-order valence-corrected chi connectivity index (χ1v) is 16.7. The molecule has 4 aromatic rings. The van der Waals surface area contributed by atoms with Gasteiger partial charge in [-0.25, -0.2) is 0 Å². The highest BCUT2D eigenvalue weighted by atomic mass is 28.4. The molecule has 4 nitrogen and oxygen atoms in total. The van der Waals surface area contributed by atoms with Crippen LogP contribution < -0.4 is 10.4 Å². The van der Waals surface area contributed by atoms with Crippen molar-refractivity contribution in [3.63, 3.8) is 0 Å². The molecule has 0 aliphatic carbocycles. The molecule has 1 heterocycles. The zero-order valence-corrected chi connectivity index (χ0v) is 26.3. The van der Waals surface area contributed by atoms with Gasteiger partial charge in [0, 0.05) is 6.42 Å². The number of ether oxygens (including phenoxy) is 3. The van der Waals surface area contributed by atoms with Crippen LogP contribution in [0.1, 0.15) is 53.5 Å². The Labute approximate surface area is 246 Å². The van der Waals surface area contributed by atoms with Crippen molar-refractivity contribution in [1.29, 1.82) is 0 Å². The first-order chi connectivity index (χ1) is 19.6. The number of rotatable bonds is 9. The molecule has 0 radical (unpaired) electrons. The minimum atomic E-state index is -2.66. The number of hydrogen-bond donors (Lipinski definition) is 0. The molecule has 0 aromatic heterocycles. The smallest absolute Gasteiger partial charge is 0.261 e. The summed E-state index contributed by atoms with van der Waals surface area (Å²) in [6.07, 6.45) is 0.393. The van der Waals surface area contributed by atoms with Gasteiger partial charge >= 0.3 is 0 Å². The van der Waals surface area contributed by atoms with Gasteiger partial charge in [-0.3, -0.25) is 0 Å². The topological polar surface area (TPSA) is 36.9 Å². The maximum absolute atomic E-state index is 7.21. The number of hydrogen-bond acceptors (Lipinski definition) is 4. The summed E-state index contributed by atoms with van der Waals surface area (Å²) >= 11 is 0. The highest BCUT2D eigenvalue weighted by Crippen LogP contribution is 2.38. The molecule has 0 saturated carbocycles. The van der Waals surface area contributed by atoms with Crippen molar-refractivity contribution in [3.8, 4) is 0 Å². The standard InChI is InChI=1S/C36H44O4Si/c1-27(37-25-28-21-22-29-15-13-14-16-30(29)23-28)34-24-31(39-36(5,6)40-34)26-38-41(35(2,3)4,32-17-9-7-10-18-32)33-19-11-8-12-20-33/h7-23,27,31,34H,24-26H2,1-6H3/t27-,31-,34-/m0/s1. The van der Waals surface area contributed by atoms with E-state index in [0.29, 0.717) is 19.6 Å². The third kappa shape index (κ3) is 6.66. The van der Waals surface area contributed by atoms with E-state index in [2.05, 4.69) is 131 Å². The summed E-state index contributed by atoms with van der Waals surface area (Å²) in [6.45, 7) is 14.0. The van der Waals surface area contributed by atoms with Gasteiger partial charge in [-0.15, -0.1) is 0 Å². The second-order valence-corrected chi connectivity index (χ2v) is 17.0. The molecule has 216 valence electrons. The van der Waals surface area contributed by atoms with E-state index >= 15 is 0 Å². The van der Waals surface area contributed by atoms with Crippen LogP contribution in [0, 0.1) is 0 Å². The minimum Gasteiger partial charge on any atom is -0.405 e. The maximum Gasteiger partial charge on any atom is 0.261 e. The summed E-state index contributed by atoms with van der Waals surface area (Å²) in [5, 5.41) is 4.92. The Hall–Kier alpha value is -2.80. The molecule has 5 heteroatoms. The Morgan fingerprint density at radius 1 is 0.805 bits per heavy atom. The van der Waals surface area contributed by atoms with Gasteiger partial charge in [-0.05, 0) is 58.6 Å². The molecule has 1 aliphatic rings. The Bertz CT molecular complexity index is 1370. The van der Waals surface area contributed by atoms with Crippen molar-refractivity contribution in [2.45, 2.75) is 83.7 Å². The van der Waals surface area contributed by atoms with E-state index in [1.54, 1.807) is 0 Å². The predicted octanol–water partition coefficient (Wildman–Crippen LogP) is 7.23. The molecule has 0 bridgehead atoms. The molecule has 0 spiro atoms. The SMILES string of the molecule is C[C@H](OCc1ccc2ccccc2c1)[C@@H]1C[C@@H](CO[Si](c2ccccc2)(c2ccccc2)C(C)(C)C)OC(C)(C)O1. The monoisotopic (exact) mass is 568 g/mol. The molecule has 1 fully saturated rings. The summed E-state index contributed by atoms with van der Waals surface area (Å²) in [6, 6.07) is 36.5. The van der Waals surface area contributed by atoms with Crippen molar-refractivity contribution in [2.75, 3.05) is 6.61 Å². The van der Waals surface area contributed by atoms with Crippen molar-refractivity contribution in [3.05, 3.63) is 109 Å². The van der Waals surface area contributed by atoms with Crippen LogP contribution in [0.2, 0.25) is 5.04 Å². The van der Waals surface area contributed by atoms with E-state index in [0.717, 1.165) is 5.56 Å². The van der Waals surface area contributed by atoms with E-state index in [1.165, 1.54) is 21.1 Å². The first-order valence-electron chi connectivity index (χ1n) is 14.8. The maximum atomic E-state index is 7.21. The van der Waals surface area contributed by atoms with Gasteiger partial charge in [0.2, 0.25) is 0 Å². The van der Waals surface area contributed by atoms with Gasteiger partial charge in [0.25, 0.3) is 8.32 Å². The van der Waals surface area contributed by atoms with Gasteiger partial charge in [0.05, 0.1) is 31.5 Å². The lowest BCUT2D eigenvalue weighted by Gasteiger charge is -2.46. The summed E-state index contributed by atoms with van der Waals surface area (Å²) in [7, 11) is -2.66. The van der Waals surface area contributed by atoms with Gasteiger partial charge in [0.15, 0.2) is 5.79 Å². The molecule has 5 rings (SSSR count). The quantitative estimate of drug-likeness (QED) is 0.200. The number of benzene rings is 4. The molecule has 3 atom stereocenters. The van der Waals surface area contributed by atoms with E-state index in [-0.39, 0.29) is 23.4 Å². The molecule has 0 amide bonds. The van der Waals surface area contributed by atoms with Crippen LogP contribution in [0.15, 0.2) is 103 Å². The van der Waals surface area contributed by atoms with Crippen molar-refractivity contribution in [1.82, 2.24) is 0 Å². The zero-order chi connectivity index (χ0) is 29.1. The lowest BCUT2D eigenvalue weighted by atomic mass is 10.0. The van der Waals surface area contributed by atoms with Crippen LogP contribution in [0.25, 0.3) is 10.8 Å². The third-order valence-corrected chi connectivity index (χ3v) is 13.1. The molecule has 1 saturated heterocycles. The average molecular weight is 569 g/mol. The molecule has 1 aliphatic heterocycles. The number of fused-ring (bicyclic) bond motifs is 1. The highest BCUT2D eigenvalue weighted by molar-refractivity contribution is 6.99. The third-order valence-electron chi connectivity index (χ3n) is 8.13. The first kappa shape index (κ1) is 29.7. The van der Waals surface area contributed by atoms with Crippen LogP contribution in [-0.2, 0) is 25.2 Å². The predicted molar refractivity (Wildman–Crippen MR) is 170 cm³/mol. The molecular formula is C36H44O4Si. The van der Waals surface area contributed by atoms with Crippen LogP contribution in [0.5, 0.6) is 0 Å². The van der Waals surface area contributed by atoms with Crippen molar-refractivity contribution in [2.24, 2.45) is 0 Å². The molecule has 41 heavy (non-hydrogen) atoms. The molecule has 0 unspecified atom stereocenters. The summed E-state index contributed by atoms with van der Waals surface area (Å²) < 4.78 is 26.5. The Kier molecular flexibility index (Phi) is 8.83. The van der Waals surface area contributed by atoms with Crippen molar-refractivity contribution < 1.29 is 18.6 Å². The minimum absolute atomic E-state index is 0.0912. The fourth-order valence-electron chi connectivity index (χ4n) is 6.18. The molecule has 4 aromatic carbocycles. The summed E-state index contributed by atoms with van der Waals surface area (Å²) in [5.41, 5.74) is 1.16. The van der Waals surface area contributed by atoms with E-state index in [9.17, 15) is 0 Å². The van der Waals surface area contributed by atoms with Gasteiger partial charge in [-0.1, -0.05) is 118 Å². The summed E-state index contributed by atoms with van der Waals surface area (Å²) in [5.74, 6) is -0.733. The van der Waals surface area contributed by atoms with Crippen molar-refractivity contribution >= 4 is 29.5 Å². The largest absolute Gasteiger partial charge is 0.405 e. The lowest BCUT2D eigenvalue weighted by Crippen LogP contribution is -2.67. The fraction of sp³-hybridized carbons (Fsp3) is 0.389. The average Bonchev–Trinajstić information content (AvgIpc) is 2.96. The normalized spacial score (nSPS) is 20.1. The molecular weight excluding hydrogens is 524 g/mol. The summed E-state index contributed by atoms with van der Waals surface area (Å²) in [4.78, 5) is 0. The Morgan fingerprint density at radius 2 is 1.39 bits per heavy atom. The second kappa shape index (κ2) is 12.2. The second-order valence-electron chi connectivity index (χ2n) is 12.7. The van der Waals surface area contributed by atoms with E-state index in [4.69, 9.17) is 18.6 Å². The van der Waals surface area contributed by atoms with E-state index in [1.807, 2.05) is 13.8 Å². The van der Waals surface area contributed by atoms with Gasteiger partial charge < -0.3 is 18.6 Å². The Balaban J connectivity index is 1.33. The lowest BCUT2D eigenvalue weighted by molar-refractivity contribution is -0.317.